The number of fused-ring (bicyclic) bond motifs is 1. The van der Waals surface area contributed by atoms with Crippen LogP contribution in [0.3, 0.4) is 0 Å². The van der Waals surface area contributed by atoms with Crippen LogP contribution in [0.5, 0.6) is 0 Å². The Kier molecular flexibility index (Phi) is 5.67. The zero-order chi connectivity index (χ0) is 20.6. The van der Waals surface area contributed by atoms with Gasteiger partial charge in [-0.1, -0.05) is 53.5 Å². The Bertz CT molecular complexity index is 988. The fourth-order valence-corrected chi connectivity index (χ4v) is 4.23. The lowest BCUT2D eigenvalue weighted by Gasteiger charge is -2.37. The van der Waals surface area contributed by atoms with Gasteiger partial charge in [-0.25, -0.2) is 4.39 Å². The summed E-state index contributed by atoms with van der Waals surface area (Å²) in [5.41, 5.74) is 7.63. The van der Waals surface area contributed by atoms with Crippen LogP contribution in [-0.4, -0.2) is 18.8 Å². The normalized spacial score (nSPS) is 24.3. The predicted octanol–water partition coefficient (Wildman–Crippen LogP) is 5.46. The van der Waals surface area contributed by atoms with Crippen molar-refractivity contribution in [2.45, 2.75) is 37.8 Å². The maximum atomic E-state index is 16.4. The molecule has 1 aliphatic carbocycles. The van der Waals surface area contributed by atoms with Crippen LogP contribution in [0.25, 0.3) is 11.1 Å². The molecule has 2 aliphatic rings. The summed E-state index contributed by atoms with van der Waals surface area (Å²) < 4.78 is 27.8. The van der Waals surface area contributed by atoms with E-state index in [0.29, 0.717) is 39.8 Å². The molecule has 152 valence electrons. The number of hydrogen-bond acceptors (Lipinski definition) is 3. The van der Waals surface area contributed by atoms with E-state index in [0.717, 1.165) is 12.8 Å². The highest BCUT2D eigenvalue weighted by Gasteiger charge is 2.45. The molecule has 29 heavy (non-hydrogen) atoms. The molecule has 2 atom stereocenters. The van der Waals surface area contributed by atoms with Crippen LogP contribution in [0.2, 0.25) is 10.0 Å². The van der Waals surface area contributed by atoms with Crippen LogP contribution in [-0.2, 0) is 20.1 Å². The molecule has 0 spiro atoms. The smallest absolute Gasteiger partial charge is 0.249 e. The number of amides is 1. The summed E-state index contributed by atoms with van der Waals surface area (Å²) in [5.74, 6) is -2.81. The van der Waals surface area contributed by atoms with Gasteiger partial charge in [-0.3, -0.25) is 4.79 Å². The summed E-state index contributed by atoms with van der Waals surface area (Å²) in [6.07, 6.45) is 1.61. The van der Waals surface area contributed by atoms with Crippen molar-refractivity contribution in [2.24, 2.45) is 5.73 Å². The van der Waals surface area contributed by atoms with E-state index in [1.807, 2.05) is 0 Å². The van der Waals surface area contributed by atoms with Crippen LogP contribution in [0, 0.1) is 0 Å². The number of alkyl halides is 1. The number of nitrogens with two attached hydrogens (primary N) is 1. The standard InChI is InChI=1S/C22H20Cl2FNO3/c23-17-9-8-13(11-18(17)24)15-12-22(25,29-19-7-3-4-10-28-19)16-6-2-1-5-14(16)20(15)21(26)27/h1-2,5-6,8-9,11,19H,3-4,7,10,12H2,(H2,26,27). The van der Waals surface area contributed by atoms with Crippen molar-refractivity contribution in [3.05, 3.63) is 69.2 Å². The van der Waals surface area contributed by atoms with Gasteiger partial charge in [0.2, 0.25) is 11.8 Å². The van der Waals surface area contributed by atoms with E-state index in [1.165, 1.54) is 0 Å². The molecule has 7 heteroatoms. The van der Waals surface area contributed by atoms with Crippen molar-refractivity contribution < 1.29 is 18.7 Å². The molecule has 2 aromatic carbocycles. The van der Waals surface area contributed by atoms with Gasteiger partial charge >= 0.3 is 0 Å². The summed E-state index contributed by atoms with van der Waals surface area (Å²) in [4.78, 5) is 12.4. The number of halogens is 3. The van der Waals surface area contributed by atoms with Gasteiger partial charge in [0.15, 0.2) is 6.29 Å². The van der Waals surface area contributed by atoms with E-state index in [-0.39, 0.29) is 17.6 Å². The summed E-state index contributed by atoms with van der Waals surface area (Å²) >= 11 is 12.2. The third-order valence-corrected chi connectivity index (χ3v) is 6.01. The zero-order valence-corrected chi connectivity index (χ0v) is 17.1. The van der Waals surface area contributed by atoms with E-state index in [1.54, 1.807) is 42.5 Å². The first-order valence-corrected chi connectivity index (χ1v) is 10.2. The molecule has 1 heterocycles. The van der Waals surface area contributed by atoms with Crippen molar-refractivity contribution in [2.75, 3.05) is 6.61 Å². The molecular formula is C22H20Cl2FNO3. The number of rotatable bonds is 4. The first-order chi connectivity index (χ1) is 13.9. The lowest BCUT2D eigenvalue weighted by atomic mass is 9.79. The van der Waals surface area contributed by atoms with Gasteiger partial charge in [0.1, 0.15) is 0 Å². The fraction of sp³-hybridized carbons (Fsp3) is 0.318. The molecule has 0 aromatic heterocycles. The predicted molar refractivity (Wildman–Crippen MR) is 111 cm³/mol. The molecule has 4 rings (SSSR count). The van der Waals surface area contributed by atoms with Crippen molar-refractivity contribution in [1.29, 1.82) is 0 Å². The summed E-state index contributed by atoms with van der Waals surface area (Å²) in [7, 11) is 0. The van der Waals surface area contributed by atoms with Gasteiger partial charge in [0.05, 0.1) is 15.6 Å². The average molecular weight is 436 g/mol. The molecule has 1 fully saturated rings. The number of primary amides is 1. The maximum Gasteiger partial charge on any atom is 0.249 e. The highest BCUT2D eigenvalue weighted by molar-refractivity contribution is 6.42. The van der Waals surface area contributed by atoms with Gasteiger partial charge in [0, 0.05) is 18.6 Å². The third-order valence-electron chi connectivity index (χ3n) is 5.28. The van der Waals surface area contributed by atoms with Crippen LogP contribution in [0.4, 0.5) is 4.39 Å². The molecule has 0 bridgehead atoms. The number of ether oxygens (including phenoxy) is 2. The minimum Gasteiger partial charge on any atom is -0.366 e. The Morgan fingerprint density at radius 2 is 1.97 bits per heavy atom. The maximum absolute atomic E-state index is 16.4. The second-order valence-corrected chi connectivity index (χ2v) is 8.03. The van der Waals surface area contributed by atoms with Crippen LogP contribution >= 0.6 is 23.2 Å². The Hall–Kier alpha value is -1.92. The Morgan fingerprint density at radius 3 is 2.66 bits per heavy atom. The van der Waals surface area contributed by atoms with Gasteiger partial charge in [-0.2, -0.15) is 0 Å². The fourth-order valence-electron chi connectivity index (χ4n) is 3.93. The Morgan fingerprint density at radius 1 is 1.17 bits per heavy atom. The summed E-state index contributed by atoms with van der Waals surface area (Å²) in [6, 6.07) is 11.6. The van der Waals surface area contributed by atoms with Crippen LogP contribution in [0.15, 0.2) is 42.5 Å². The number of benzene rings is 2. The summed E-state index contributed by atoms with van der Waals surface area (Å²) in [5, 5.41) is 0.673. The van der Waals surface area contributed by atoms with Gasteiger partial charge < -0.3 is 15.2 Å². The van der Waals surface area contributed by atoms with Crippen molar-refractivity contribution >= 4 is 40.3 Å². The minimum absolute atomic E-state index is 0.194. The highest BCUT2D eigenvalue weighted by Crippen LogP contribution is 2.49. The highest BCUT2D eigenvalue weighted by atomic mass is 35.5. The van der Waals surface area contributed by atoms with E-state index >= 15 is 4.39 Å². The topological polar surface area (TPSA) is 61.6 Å². The third kappa shape index (κ3) is 3.92. The van der Waals surface area contributed by atoms with E-state index in [2.05, 4.69) is 0 Å². The molecule has 2 N–H and O–H groups in total. The van der Waals surface area contributed by atoms with Crippen molar-refractivity contribution in [1.82, 2.24) is 0 Å². The van der Waals surface area contributed by atoms with E-state index in [9.17, 15) is 4.79 Å². The SMILES string of the molecule is NC(=O)C1=C(c2ccc(Cl)c(Cl)c2)CC(F)(OC2CCCCO2)c2ccccc21. The van der Waals surface area contributed by atoms with E-state index in [4.69, 9.17) is 38.4 Å². The second kappa shape index (κ2) is 8.07. The summed E-state index contributed by atoms with van der Waals surface area (Å²) in [6.45, 7) is 0.532. The molecule has 2 unspecified atom stereocenters. The molecule has 0 saturated carbocycles. The average Bonchev–Trinajstić information content (AvgIpc) is 2.70. The second-order valence-electron chi connectivity index (χ2n) is 7.21. The first kappa shape index (κ1) is 20.4. The molecule has 1 amide bonds. The number of carbonyl (C=O) groups is 1. The first-order valence-electron chi connectivity index (χ1n) is 9.45. The van der Waals surface area contributed by atoms with Crippen molar-refractivity contribution in [3.8, 4) is 0 Å². The van der Waals surface area contributed by atoms with Crippen molar-refractivity contribution in [3.63, 3.8) is 0 Å². The molecule has 4 nitrogen and oxygen atoms in total. The number of carbonyl (C=O) groups excluding carboxylic acids is 1. The lowest BCUT2D eigenvalue weighted by Crippen LogP contribution is -2.37. The Labute approximate surface area is 178 Å². The molecule has 0 radical (unpaired) electrons. The zero-order valence-electron chi connectivity index (χ0n) is 15.6. The van der Waals surface area contributed by atoms with Crippen LogP contribution in [0.1, 0.15) is 42.4 Å². The molecule has 2 aromatic rings. The van der Waals surface area contributed by atoms with Gasteiger partial charge in [0.25, 0.3) is 0 Å². The molecule has 1 aliphatic heterocycles. The molecule has 1 saturated heterocycles. The number of hydrogen-bond donors (Lipinski definition) is 1. The Balaban J connectivity index is 1.85. The molecular weight excluding hydrogens is 416 g/mol. The minimum atomic E-state index is -2.17. The van der Waals surface area contributed by atoms with Gasteiger partial charge in [-0.05, 0) is 48.1 Å². The lowest BCUT2D eigenvalue weighted by molar-refractivity contribution is -0.273. The van der Waals surface area contributed by atoms with E-state index < -0.39 is 18.1 Å². The van der Waals surface area contributed by atoms with Crippen LogP contribution < -0.4 is 5.73 Å². The monoisotopic (exact) mass is 435 g/mol. The largest absolute Gasteiger partial charge is 0.366 e. The van der Waals surface area contributed by atoms with Gasteiger partial charge in [-0.15, -0.1) is 0 Å². The quantitative estimate of drug-likeness (QED) is 0.693.